The Hall–Kier alpha value is -3.07. The van der Waals surface area contributed by atoms with Crippen LogP contribution < -0.4 is 25.3 Å². The summed E-state index contributed by atoms with van der Waals surface area (Å²) >= 11 is 0. The van der Waals surface area contributed by atoms with Crippen molar-refractivity contribution in [2.24, 2.45) is 0 Å². The lowest BCUT2D eigenvalue weighted by Gasteiger charge is -2.16. The number of nitrogens with one attached hydrogen (secondary N) is 1. The molecule has 3 rings (SSSR count). The van der Waals surface area contributed by atoms with Gasteiger partial charge in [-0.25, -0.2) is 5.32 Å². The van der Waals surface area contributed by atoms with Gasteiger partial charge in [0.15, 0.2) is 11.5 Å². The Kier molecular flexibility index (Phi) is 6.71. The Bertz CT molecular complexity index is 867. The number of nitrogens with zero attached hydrogens (tertiary/aromatic N) is 3. The summed E-state index contributed by atoms with van der Waals surface area (Å²) in [5.74, 6) is 3.61. The molecule has 156 valence electrons. The van der Waals surface area contributed by atoms with Crippen molar-refractivity contribution >= 4 is 17.6 Å². The van der Waals surface area contributed by atoms with Gasteiger partial charge in [-0.15, -0.1) is 0 Å². The van der Waals surface area contributed by atoms with Gasteiger partial charge in [-0.05, 0) is 17.7 Å². The molecule has 1 saturated heterocycles. The highest BCUT2D eigenvalue weighted by molar-refractivity contribution is 5.88. The molecule has 1 fully saturated rings. The quantitative estimate of drug-likeness (QED) is 0.554. The van der Waals surface area contributed by atoms with Crippen LogP contribution in [-0.4, -0.2) is 68.0 Å². The van der Waals surface area contributed by atoms with Crippen LogP contribution in [-0.2, 0) is 11.2 Å². The first kappa shape index (κ1) is 20.7. The molecule has 0 unspecified atom stereocenters. The van der Waals surface area contributed by atoms with Crippen LogP contribution in [0.3, 0.4) is 0 Å². The second-order valence-corrected chi connectivity index (χ2v) is 6.62. The zero-order chi connectivity index (χ0) is 20.8. The standard InChI is InChI=1S/C20H27N5O4/c1-13(25-5-7-29-8-6-25)23-20-22-12-15(19(21)24-20)9-14-10-16(26-2)18(28-4)17(11-14)27-3/h10-12H,5-9H2,1-4H3,(H2,21,22,24)/p+1. The summed E-state index contributed by atoms with van der Waals surface area (Å²) in [6.07, 6.45) is 2.27. The van der Waals surface area contributed by atoms with Crippen molar-refractivity contribution in [2.75, 3.05) is 58.7 Å². The first-order chi connectivity index (χ1) is 14.0. The van der Waals surface area contributed by atoms with Crippen LogP contribution in [0.4, 0.5) is 11.8 Å². The van der Waals surface area contributed by atoms with Crippen molar-refractivity contribution < 1.29 is 23.5 Å². The third-order valence-electron chi connectivity index (χ3n) is 4.80. The summed E-state index contributed by atoms with van der Waals surface area (Å²) in [7, 11) is 4.76. The number of aromatic nitrogens is 2. The lowest BCUT2D eigenvalue weighted by atomic mass is 10.1. The average molecular weight is 402 g/mol. The number of benzene rings is 1. The predicted molar refractivity (Wildman–Crippen MR) is 110 cm³/mol. The minimum Gasteiger partial charge on any atom is -0.493 e. The zero-order valence-corrected chi connectivity index (χ0v) is 17.3. The summed E-state index contributed by atoms with van der Waals surface area (Å²) < 4.78 is 23.8. The third kappa shape index (κ3) is 4.86. The fourth-order valence-electron chi connectivity index (χ4n) is 3.21. The van der Waals surface area contributed by atoms with Crippen LogP contribution in [0.25, 0.3) is 0 Å². The van der Waals surface area contributed by atoms with E-state index in [9.17, 15) is 0 Å². The maximum atomic E-state index is 6.20. The molecule has 1 aliphatic rings. The number of amidine groups is 1. The number of rotatable bonds is 6. The number of nitrogens with two attached hydrogens (primary N) is 1. The van der Waals surface area contributed by atoms with Gasteiger partial charge >= 0.3 is 5.95 Å². The molecule has 0 spiro atoms. The van der Waals surface area contributed by atoms with Crippen molar-refractivity contribution in [2.45, 2.75) is 13.3 Å². The largest absolute Gasteiger partial charge is 0.493 e. The summed E-state index contributed by atoms with van der Waals surface area (Å²) in [4.78, 5) is 8.83. The third-order valence-corrected chi connectivity index (χ3v) is 4.80. The number of hydrogen-bond acceptors (Lipinski definition) is 7. The normalized spacial score (nSPS) is 13.7. The molecular weight excluding hydrogens is 374 g/mol. The number of nitrogen functional groups attached to an aromatic ring is 1. The minimum absolute atomic E-state index is 0.422. The molecule has 1 aliphatic heterocycles. The van der Waals surface area contributed by atoms with Gasteiger partial charge in [0, 0.05) is 25.1 Å². The predicted octanol–water partition coefficient (Wildman–Crippen LogP) is 1.55. The molecule has 0 atom stereocenters. The molecular formula is C20H28N5O4+. The second-order valence-electron chi connectivity index (χ2n) is 6.62. The van der Waals surface area contributed by atoms with Gasteiger partial charge in [-0.3, -0.25) is 4.58 Å². The maximum Gasteiger partial charge on any atom is 0.320 e. The smallest absolute Gasteiger partial charge is 0.320 e. The van der Waals surface area contributed by atoms with Crippen molar-refractivity contribution in [3.8, 4) is 17.2 Å². The molecule has 3 N–H and O–H groups in total. The number of methoxy groups -OCH3 is 3. The minimum atomic E-state index is 0.422. The molecule has 2 aromatic rings. The molecule has 0 bridgehead atoms. The van der Waals surface area contributed by atoms with E-state index in [0.717, 1.165) is 43.3 Å². The van der Waals surface area contributed by atoms with Gasteiger partial charge in [0.2, 0.25) is 11.6 Å². The van der Waals surface area contributed by atoms with Gasteiger partial charge < -0.3 is 24.7 Å². The highest BCUT2D eigenvalue weighted by Gasteiger charge is 2.17. The van der Waals surface area contributed by atoms with Crippen molar-refractivity contribution in [1.29, 1.82) is 0 Å². The first-order valence-corrected chi connectivity index (χ1v) is 9.39. The second kappa shape index (κ2) is 9.42. The van der Waals surface area contributed by atoms with Crippen LogP contribution in [0.1, 0.15) is 18.1 Å². The lowest BCUT2D eigenvalue weighted by Crippen LogP contribution is -2.35. The monoisotopic (exact) mass is 402 g/mol. The molecule has 9 heteroatoms. The van der Waals surface area contributed by atoms with E-state index >= 15 is 0 Å². The van der Waals surface area contributed by atoms with E-state index in [0.29, 0.717) is 35.4 Å². The van der Waals surface area contributed by atoms with Crippen molar-refractivity contribution in [3.05, 3.63) is 29.5 Å². The Labute approximate surface area is 170 Å². The van der Waals surface area contributed by atoms with Crippen LogP contribution in [0.2, 0.25) is 0 Å². The van der Waals surface area contributed by atoms with Gasteiger partial charge in [0.05, 0.1) is 34.5 Å². The van der Waals surface area contributed by atoms with Gasteiger partial charge in [-0.1, -0.05) is 0 Å². The average Bonchev–Trinajstić information content (AvgIpc) is 2.75. The molecule has 2 heterocycles. The molecule has 0 amide bonds. The van der Waals surface area contributed by atoms with Crippen molar-refractivity contribution in [1.82, 2.24) is 9.97 Å². The van der Waals surface area contributed by atoms with Crippen LogP contribution in [0.5, 0.6) is 17.2 Å². The summed E-state index contributed by atoms with van der Waals surface area (Å²) in [6.45, 7) is 5.11. The van der Waals surface area contributed by atoms with Gasteiger partial charge in [-0.2, -0.15) is 9.97 Å². The van der Waals surface area contributed by atoms with E-state index in [1.54, 1.807) is 27.5 Å². The van der Waals surface area contributed by atoms with E-state index < -0.39 is 0 Å². The van der Waals surface area contributed by atoms with E-state index in [2.05, 4.69) is 19.9 Å². The summed E-state index contributed by atoms with van der Waals surface area (Å²) in [6, 6.07) is 3.78. The van der Waals surface area contributed by atoms with E-state index in [1.807, 2.05) is 19.1 Å². The number of anilines is 2. The number of ether oxygens (including phenoxy) is 4. The fourth-order valence-corrected chi connectivity index (χ4v) is 3.21. The van der Waals surface area contributed by atoms with E-state index in [-0.39, 0.29) is 0 Å². The van der Waals surface area contributed by atoms with Crippen LogP contribution in [0.15, 0.2) is 18.3 Å². The Morgan fingerprint density at radius 2 is 1.79 bits per heavy atom. The molecule has 0 aliphatic carbocycles. The fraction of sp³-hybridized carbons (Fsp3) is 0.450. The van der Waals surface area contributed by atoms with Gasteiger partial charge in [0.1, 0.15) is 18.9 Å². The van der Waals surface area contributed by atoms with Crippen molar-refractivity contribution in [3.63, 3.8) is 0 Å². The van der Waals surface area contributed by atoms with Gasteiger partial charge in [0.25, 0.3) is 0 Å². The van der Waals surface area contributed by atoms with E-state index in [4.69, 9.17) is 24.7 Å². The summed E-state index contributed by atoms with van der Waals surface area (Å²) in [5, 5.41) is 3.22. The molecule has 0 radical (unpaired) electrons. The van der Waals surface area contributed by atoms with Crippen LogP contribution >= 0.6 is 0 Å². The van der Waals surface area contributed by atoms with E-state index in [1.165, 1.54) is 0 Å². The van der Waals surface area contributed by atoms with Crippen LogP contribution in [0, 0.1) is 0 Å². The molecule has 1 aromatic carbocycles. The molecule has 9 nitrogen and oxygen atoms in total. The number of hydrogen-bond donors (Lipinski definition) is 2. The Balaban J connectivity index is 1.79. The summed E-state index contributed by atoms with van der Waals surface area (Å²) in [5.41, 5.74) is 7.96. The number of morpholine rings is 1. The highest BCUT2D eigenvalue weighted by Crippen LogP contribution is 2.38. The maximum absolute atomic E-state index is 6.20. The first-order valence-electron chi connectivity index (χ1n) is 9.39. The topological polar surface area (TPSA) is 104 Å². The molecule has 0 saturated carbocycles. The lowest BCUT2D eigenvalue weighted by molar-refractivity contribution is -0.549. The molecule has 29 heavy (non-hydrogen) atoms. The Morgan fingerprint density at radius 3 is 2.34 bits per heavy atom. The highest BCUT2D eigenvalue weighted by atomic mass is 16.5. The SMILES string of the molecule is COc1cc(Cc2cnc(NC(C)=[N+]3CCOCC3)nc2N)cc(OC)c1OC. The Morgan fingerprint density at radius 1 is 1.14 bits per heavy atom. The zero-order valence-electron chi connectivity index (χ0n) is 17.3. The molecule has 1 aromatic heterocycles.